The van der Waals surface area contributed by atoms with E-state index in [1.165, 1.54) is 173 Å². The average molecular weight is 1140 g/mol. The van der Waals surface area contributed by atoms with E-state index >= 15 is 0 Å². The van der Waals surface area contributed by atoms with Crippen molar-refractivity contribution < 1.29 is 70.1 Å². The van der Waals surface area contributed by atoms with Gasteiger partial charge in [-0.1, -0.05) is 201 Å². The van der Waals surface area contributed by atoms with Gasteiger partial charge in [-0.2, -0.15) is 0 Å². The Bertz CT molecular complexity index is 935. The van der Waals surface area contributed by atoms with Gasteiger partial charge in [0, 0.05) is 25.9 Å². The lowest BCUT2D eigenvalue weighted by molar-refractivity contribution is -0.0261. The Kier molecular flexibility index (Phi) is 70.5. The van der Waals surface area contributed by atoms with Crippen molar-refractivity contribution >= 4 is 8.80 Å². The smallest absolute Gasteiger partial charge is 0.379 e. The molecule has 0 atom stereocenters. The first kappa shape index (κ1) is 77.6. The Morgan fingerprint density at radius 3 is 0.462 bits per heavy atom. The molecule has 0 aliphatic rings. The van der Waals surface area contributed by atoms with Crippen LogP contribution in [-0.2, 0) is 70.1 Å². The van der Waals surface area contributed by atoms with Crippen LogP contribution >= 0.6 is 0 Å². The third-order valence-electron chi connectivity index (χ3n) is 13.4. The molecule has 0 fully saturated rings. The van der Waals surface area contributed by atoms with Gasteiger partial charge in [-0.05, 0) is 19.3 Å². The van der Waals surface area contributed by atoms with Crippen LogP contribution in [0, 0.1) is 0 Å². The zero-order chi connectivity index (χ0) is 56.1. The summed E-state index contributed by atoms with van der Waals surface area (Å²) in [4.78, 5) is 0. The van der Waals surface area contributed by atoms with Crippen molar-refractivity contribution in [2.45, 2.75) is 226 Å². The molecule has 0 aromatic carbocycles. The average Bonchev–Trinajstić information content (AvgIpc) is 3.45. The molecule has 0 aromatic heterocycles. The van der Waals surface area contributed by atoms with Crippen molar-refractivity contribution in [3.05, 3.63) is 0 Å². The highest BCUT2D eigenvalue weighted by Crippen LogP contribution is 2.17. The highest BCUT2D eigenvalue weighted by molar-refractivity contribution is 6.60. The first-order chi connectivity index (χ1) is 38.7. The summed E-state index contributed by atoms with van der Waals surface area (Å²) in [5.41, 5.74) is 0. The van der Waals surface area contributed by atoms with E-state index in [1.807, 2.05) is 6.92 Å². The molecule has 15 nitrogen and oxygen atoms in total. The van der Waals surface area contributed by atoms with E-state index in [0.29, 0.717) is 165 Å². The summed E-state index contributed by atoms with van der Waals surface area (Å²) < 4.78 is 87.6. The summed E-state index contributed by atoms with van der Waals surface area (Å²) >= 11 is 0. The molecule has 0 saturated carbocycles. The van der Waals surface area contributed by atoms with Gasteiger partial charge in [0.1, 0.15) is 0 Å². The van der Waals surface area contributed by atoms with Crippen LogP contribution in [0.1, 0.15) is 220 Å². The molecule has 0 radical (unpaired) electrons. The van der Waals surface area contributed by atoms with Crippen molar-refractivity contribution in [1.82, 2.24) is 0 Å². The molecule has 0 heterocycles. The minimum absolute atomic E-state index is 0.340. The van der Waals surface area contributed by atoms with E-state index in [1.54, 1.807) is 0 Å². The monoisotopic (exact) mass is 1140 g/mol. The van der Waals surface area contributed by atoms with Crippen LogP contribution in [0.5, 0.6) is 0 Å². The third kappa shape index (κ3) is 64.8. The second-order valence-corrected chi connectivity index (χ2v) is 23.4. The molecule has 0 bridgehead atoms. The van der Waals surface area contributed by atoms with E-state index in [2.05, 4.69) is 20.8 Å². The van der Waals surface area contributed by atoms with Gasteiger partial charge >= 0.3 is 8.80 Å². The molecular formula is C62H128O15Si. The maximum Gasteiger partial charge on any atom is 0.500 e. The highest BCUT2D eigenvalue weighted by Gasteiger charge is 2.39. The minimum Gasteiger partial charge on any atom is -0.379 e. The van der Waals surface area contributed by atoms with Gasteiger partial charge in [0.15, 0.2) is 0 Å². The van der Waals surface area contributed by atoms with Crippen LogP contribution < -0.4 is 0 Å². The van der Waals surface area contributed by atoms with Gasteiger partial charge < -0.3 is 70.1 Å². The summed E-state index contributed by atoms with van der Waals surface area (Å²) in [7, 11) is -3.04. The molecule has 0 spiro atoms. The predicted molar refractivity (Wildman–Crippen MR) is 319 cm³/mol. The lowest BCUT2D eigenvalue weighted by atomic mass is 10.1. The Hall–Kier alpha value is -0.383. The molecule has 0 aliphatic heterocycles. The largest absolute Gasteiger partial charge is 0.500 e. The highest BCUT2D eigenvalue weighted by atomic mass is 28.4. The zero-order valence-electron chi connectivity index (χ0n) is 51.6. The molecule has 0 saturated heterocycles. The van der Waals surface area contributed by atoms with Crippen molar-refractivity contribution in [3.63, 3.8) is 0 Å². The fourth-order valence-corrected chi connectivity index (χ4v) is 10.6. The Morgan fingerprint density at radius 2 is 0.295 bits per heavy atom. The maximum absolute atomic E-state index is 6.31. The van der Waals surface area contributed by atoms with E-state index in [0.717, 1.165) is 39.1 Å². The number of hydrogen-bond donors (Lipinski definition) is 0. The molecule has 0 unspecified atom stereocenters. The van der Waals surface area contributed by atoms with Gasteiger partial charge in [-0.25, -0.2) is 0 Å². The van der Waals surface area contributed by atoms with Crippen molar-refractivity contribution in [3.8, 4) is 0 Å². The van der Waals surface area contributed by atoms with Gasteiger partial charge in [-0.15, -0.1) is 0 Å². The Morgan fingerprint density at radius 1 is 0.154 bits per heavy atom. The number of rotatable bonds is 73. The molecule has 78 heavy (non-hydrogen) atoms. The maximum atomic E-state index is 6.31. The van der Waals surface area contributed by atoms with Crippen LogP contribution in [0.3, 0.4) is 0 Å². The second-order valence-electron chi connectivity index (χ2n) is 20.5. The number of ether oxygens (including phenoxy) is 12. The van der Waals surface area contributed by atoms with Crippen molar-refractivity contribution in [1.29, 1.82) is 0 Å². The lowest BCUT2D eigenvalue weighted by Crippen LogP contribution is -2.47. The first-order valence-electron chi connectivity index (χ1n) is 32.6. The van der Waals surface area contributed by atoms with Crippen LogP contribution in [-0.4, -0.2) is 187 Å². The summed E-state index contributed by atoms with van der Waals surface area (Å²) in [5.74, 6) is 0. The SMILES string of the molecule is CCCCCCCCCCCCOCCOCCOCCOCCO[Si](CC)(OCCOCCOCCOCCOCCCCCCCCCCCC)OCCOCCOCCOCCOCCCCCCCCCCCC. The molecular weight excluding hydrogens is 1010 g/mol. The van der Waals surface area contributed by atoms with E-state index in [-0.39, 0.29) is 0 Å². The normalized spacial score (nSPS) is 12.0. The van der Waals surface area contributed by atoms with Crippen LogP contribution in [0.4, 0.5) is 0 Å². The predicted octanol–water partition coefficient (Wildman–Crippen LogP) is 14.0. The van der Waals surface area contributed by atoms with Gasteiger partial charge in [-0.3, -0.25) is 0 Å². The summed E-state index contributed by atoms with van der Waals surface area (Å²) in [6.45, 7) is 23.1. The standard InChI is InChI=1S/C62H128O15Si/c1-5-9-12-15-18-21-24-27-30-33-36-63-39-42-66-45-48-69-51-54-72-57-60-75-78(8-4,76-61-58-73-55-52-70-49-46-67-43-40-64-37-34-31-28-25-22-19-16-13-10-6-2)77-62-59-74-56-53-71-50-47-68-44-41-65-38-35-32-29-26-23-20-17-14-11-7-3/h5-62H2,1-4H3. The zero-order valence-corrected chi connectivity index (χ0v) is 52.6. The quantitative estimate of drug-likeness (QED) is 0.0421. The molecule has 0 aromatic rings. The number of hydrogen-bond acceptors (Lipinski definition) is 15. The molecule has 0 N–H and O–H groups in total. The summed E-state index contributed by atoms with van der Waals surface area (Å²) in [5, 5.41) is 0. The topological polar surface area (TPSA) is 138 Å². The first-order valence-corrected chi connectivity index (χ1v) is 34.5. The van der Waals surface area contributed by atoms with E-state index in [4.69, 9.17) is 70.1 Å². The van der Waals surface area contributed by atoms with Gasteiger partial charge in [0.05, 0.1) is 159 Å². The lowest BCUT2D eigenvalue weighted by Gasteiger charge is -2.28. The molecule has 16 heteroatoms. The summed E-state index contributed by atoms with van der Waals surface area (Å²) in [6.07, 6.45) is 39.9. The van der Waals surface area contributed by atoms with Gasteiger partial charge in [0.2, 0.25) is 0 Å². The fourth-order valence-electron chi connectivity index (χ4n) is 8.56. The molecule has 0 amide bonds. The minimum atomic E-state index is -3.04. The van der Waals surface area contributed by atoms with Crippen molar-refractivity contribution in [2.24, 2.45) is 0 Å². The van der Waals surface area contributed by atoms with E-state index < -0.39 is 8.80 Å². The number of unbranched alkanes of at least 4 members (excludes halogenated alkanes) is 27. The molecule has 0 rings (SSSR count). The Labute approximate surface area is 481 Å². The molecule has 0 aliphatic carbocycles. The Balaban J connectivity index is 4.18. The van der Waals surface area contributed by atoms with E-state index in [9.17, 15) is 0 Å². The molecule has 470 valence electrons. The third-order valence-corrected chi connectivity index (χ3v) is 16.2. The second kappa shape index (κ2) is 70.9. The van der Waals surface area contributed by atoms with Crippen LogP contribution in [0.25, 0.3) is 0 Å². The van der Waals surface area contributed by atoms with Crippen molar-refractivity contribution in [2.75, 3.05) is 178 Å². The fraction of sp³-hybridized carbons (Fsp3) is 1.00. The van der Waals surface area contributed by atoms with Crippen LogP contribution in [0.15, 0.2) is 0 Å². The summed E-state index contributed by atoms with van der Waals surface area (Å²) in [6, 6.07) is 0.599. The van der Waals surface area contributed by atoms with Gasteiger partial charge in [0.25, 0.3) is 0 Å². The van der Waals surface area contributed by atoms with Crippen LogP contribution in [0.2, 0.25) is 6.04 Å².